The lowest BCUT2D eigenvalue weighted by Crippen LogP contribution is -2.32. The van der Waals surface area contributed by atoms with Crippen LogP contribution in [-0.2, 0) is 11.2 Å². The molecule has 0 spiro atoms. The minimum Gasteiger partial charge on any atom is -0.493 e. The largest absolute Gasteiger partial charge is 0.493 e. The third-order valence-corrected chi connectivity index (χ3v) is 4.67. The first-order valence-electron chi connectivity index (χ1n) is 8.40. The summed E-state index contributed by atoms with van der Waals surface area (Å²) in [7, 11) is 4.77. The summed E-state index contributed by atoms with van der Waals surface area (Å²) in [6.07, 6.45) is 4.39. The number of hydrogen-bond donors (Lipinski definition) is 2. The number of nitrogens with two attached hydrogens (primary N) is 1. The summed E-state index contributed by atoms with van der Waals surface area (Å²) in [6.45, 7) is 0.548. The molecule has 0 aliphatic heterocycles. The van der Waals surface area contributed by atoms with Crippen molar-refractivity contribution in [3.63, 3.8) is 0 Å². The highest BCUT2D eigenvalue weighted by Gasteiger charge is 2.25. The van der Waals surface area contributed by atoms with E-state index in [2.05, 4.69) is 5.32 Å². The van der Waals surface area contributed by atoms with Crippen LogP contribution in [0.2, 0.25) is 0 Å². The van der Waals surface area contributed by atoms with Gasteiger partial charge in [-0.1, -0.05) is 12.5 Å². The Morgan fingerprint density at radius 1 is 1.16 bits per heavy atom. The Kier molecular flexibility index (Phi) is 8.86. The van der Waals surface area contributed by atoms with Gasteiger partial charge in [-0.3, -0.25) is 4.79 Å². The minimum atomic E-state index is 0. The van der Waals surface area contributed by atoms with Crippen LogP contribution in [0.15, 0.2) is 12.1 Å². The molecule has 1 fully saturated rings. The molecule has 142 valence electrons. The third kappa shape index (κ3) is 5.41. The third-order valence-electron chi connectivity index (χ3n) is 4.67. The van der Waals surface area contributed by atoms with Crippen molar-refractivity contribution < 1.29 is 19.0 Å². The Morgan fingerprint density at radius 3 is 2.44 bits per heavy atom. The van der Waals surface area contributed by atoms with Crippen molar-refractivity contribution in [3.8, 4) is 17.2 Å². The zero-order valence-electron chi connectivity index (χ0n) is 15.2. The normalized spacial score (nSPS) is 19.0. The topological polar surface area (TPSA) is 82.8 Å². The van der Waals surface area contributed by atoms with Gasteiger partial charge in [-0.15, -0.1) is 12.4 Å². The molecule has 1 aliphatic carbocycles. The summed E-state index contributed by atoms with van der Waals surface area (Å²) in [5.41, 5.74) is 6.99. The van der Waals surface area contributed by atoms with Crippen LogP contribution >= 0.6 is 12.4 Å². The fourth-order valence-corrected chi connectivity index (χ4v) is 3.33. The van der Waals surface area contributed by atoms with Crippen molar-refractivity contribution in [2.24, 2.45) is 11.7 Å². The molecule has 2 rings (SSSR count). The number of carbonyl (C=O) groups is 1. The second-order valence-electron chi connectivity index (χ2n) is 6.15. The second-order valence-corrected chi connectivity index (χ2v) is 6.15. The maximum atomic E-state index is 12.1. The molecule has 25 heavy (non-hydrogen) atoms. The van der Waals surface area contributed by atoms with Crippen LogP contribution in [0, 0.1) is 5.92 Å². The van der Waals surface area contributed by atoms with Gasteiger partial charge in [-0.2, -0.15) is 0 Å². The van der Waals surface area contributed by atoms with Crippen LogP contribution in [0.4, 0.5) is 0 Å². The van der Waals surface area contributed by atoms with E-state index in [1.165, 1.54) is 0 Å². The first kappa shape index (κ1) is 21.4. The molecule has 7 heteroatoms. The molecule has 6 nitrogen and oxygen atoms in total. The monoisotopic (exact) mass is 372 g/mol. The van der Waals surface area contributed by atoms with Gasteiger partial charge in [0.25, 0.3) is 0 Å². The average molecular weight is 373 g/mol. The van der Waals surface area contributed by atoms with Crippen molar-refractivity contribution in [1.82, 2.24) is 5.32 Å². The van der Waals surface area contributed by atoms with E-state index >= 15 is 0 Å². The number of amides is 1. The molecule has 3 N–H and O–H groups in total. The van der Waals surface area contributed by atoms with Gasteiger partial charge in [0, 0.05) is 24.6 Å². The lowest BCUT2D eigenvalue weighted by molar-refractivity contribution is -0.122. The van der Waals surface area contributed by atoms with Gasteiger partial charge in [-0.05, 0) is 31.2 Å². The fourth-order valence-electron chi connectivity index (χ4n) is 3.33. The number of hydrogen-bond acceptors (Lipinski definition) is 5. The van der Waals surface area contributed by atoms with Crippen molar-refractivity contribution in [2.45, 2.75) is 38.1 Å². The molecular weight excluding hydrogens is 344 g/mol. The Bertz CT molecular complexity index is 568. The van der Waals surface area contributed by atoms with Gasteiger partial charge in [-0.25, -0.2) is 0 Å². The first-order chi connectivity index (χ1) is 11.6. The molecule has 1 aromatic carbocycles. The number of halogens is 1. The summed E-state index contributed by atoms with van der Waals surface area (Å²) in [5, 5.41) is 2.97. The summed E-state index contributed by atoms with van der Waals surface area (Å²) in [5.74, 6) is 2.22. The van der Waals surface area contributed by atoms with Crippen molar-refractivity contribution in [2.75, 3.05) is 27.9 Å². The average Bonchev–Trinajstić information content (AvgIpc) is 2.98. The highest BCUT2D eigenvalue weighted by Crippen LogP contribution is 2.39. The zero-order chi connectivity index (χ0) is 17.5. The first-order valence-corrected chi connectivity index (χ1v) is 8.40. The molecule has 0 unspecified atom stereocenters. The molecule has 0 radical (unpaired) electrons. The van der Waals surface area contributed by atoms with E-state index in [0.717, 1.165) is 24.8 Å². The highest BCUT2D eigenvalue weighted by atomic mass is 35.5. The van der Waals surface area contributed by atoms with Gasteiger partial charge in [0.15, 0.2) is 11.5 Å². The lowest BCUT2D eigenvalue weighted by atomic mass is 10.00. The van der Waals surface area contributed by atoms with E-state index in [1.807, 2.05) is 12.1 Å². The predicted octanol–water partition coefficient (Wildman–Crippen LogP) is 2.31. The van der Waals surface area contributed by atoms with E-state index < -0.39 is 0 Å². The summed E-state index contributed by atoms with van der Waals surface area (Å²) >= 11 is 0. The molecule has 1 saturated carbocycles. The zero-order valence-corrected chi connectivity index (χ0v) is 16.0. The van der Waals surface area contributed by atoms with Crippen molar-refractivity contribution in [1.29, 1.82) is 0 Å². The van der Waals surface area contributed by atoms with E-state index in [1.54, 1.807) is 21.3 Å². The Morgan fingerprint density at radius 2 is 1.88 bits per heavy atom. The van der Waals surface area contributed by atoms with Gasteiger partial charge in [0.05, 0.1) is 21.3 Å². The molecule has 0 aromatic heterocycles. The molecular formula is C18H29ClN2O4. The predicted molar refractivity (Wildman–Crippen MR) is 100.0 cm³/mol. The van der Waals surface area contributed by atoms with E-state index in [-0.39, 0.29) is 24.4 Å². The number of ether oxygens (including phenoxy) is 3. The van der Waals surface area contributed by atoms with Gasteiger partial charge >= 0.3 is 0 Å². The van der Waals surface area contributed by atoms with Crippen LogP contribution in [-0.4, -0.2) is 39.8 Å². The minimum absolute atomic E-state index is 0. The van der Waals surface area contributed by atoms with Gasteiger partial charge in [0.1, 0.15) is 0 Å². The molecule has 1 aliphatic rings. The Labute approximate surface area is 155 Å². The molecule has 0 bridgehead atoms. The summed E-state index contributed by atoms with van der Waals surface area (Å²) in [6, 6.07) is 3.94. The Balaban J connectivity index is 0.00000312. The number of nitrogens with one attached hydrogen (secondary N) is 1. The highest BCUT2D eigenvalue weighted by molar-refractivity contribution is 5.85. The SMILES string of the molecule is COc1ccc(CCNC(=O)C[C@@H]2CCC[C@H]2N)c(OC)c1OC.Cl. The summed E-state index contributed by atoms with van der Waals surface area (Å²) < 4.78 is 16.1. The number of rotatable bonds is 8. The molecule has 1 amide bonds. The lowest BCUT2D eigenvalue weighted by Gasteiger charge is -2.17. The number of methoxy groups -OCH3 is 3. The fraction of sp³-hybridized carbons (Fsp3) is 0.611. The van der Waals surface area contributed by atoms with E-state index in [9.17, 15) is 4.79 Å². The van der Waals surface area contributed by atoms with Crippen LogP contribution in [0.5, 0.6) is 17.2 Å². The van der Waals surface area contributed by atoms with E-state index in [0.29, 0.717) is 42.6 Å². The maximum absolute atomic E-state index is 12.1. The van der Waals surface area contributed by atoms with Crippen LogP contribution in [0.1, 0.15) is 31.2 Å². The molecule has 1 aromatic rings. The number of carbonyl (C=O) groups excluding carboxylic acids is 1. The quantitative estimate of drug-likeness (QED) is 0.731. The molecule has 0 saturated heterocycles. The molecule has 0 heterocycles. The maximum Gasteiger partial charge on any atom is 0.220 e. The van der Waals surface area contributed by atoms with Crippen molar-refractivity contribution >= 4 is 18.3 Å². The van der Waals surface area contributed by atoms with Gasteiger partial charge < -0.3 is 25.3 Å². The smallest absolute Gasteiger partial charge is 0.220 e. The van der Waals surface area contributed by atoms with Crippen LogP contribution < -0.4 is 25.3 Å². The number of benzene rings is 1. The molecule has 2 atom stereocenters. The van der Waals surface area contributed by atoms with Crippen LogP contribution in [0.3, 0.4) is 0 Å². The van der Waals surface area contributed by atoms with Crippen LogP contribution in [0.25, 0.3) is 0 Å². The standard InChI is InChI=1S/C18H28N2O4.ClH/c1-22-15-8-7-12(17(23-2)18(15)24-3)9-10-20-16(21)11-13-5-4-6-14(13)19;/h7-8,13-14H,4-6,9-11,19H2,1-3H3,(H,20,21);1H/t13-,14+;/m0./s1. The second kappa shape index (κ2) is 10.4. The van der Waals surface area contributed by atoms with E-state index in [4.69, 9.17) is 19.9 Å². The van der Waals surface area contributed by atoms with Gasteiger partial charge in [0.2, 0.25) is 11.7 Å². The Hall–Kier alpha value is -1.66. The van der Waals surface area contributed by atoms with Crippen molar-refractivity contribution in [3.05, 3.63) is 17.7 Å². The summed E-state index contributed by atoms with van der Waals surface area (Å²) in [4.78, 5) is 12.1.